The predicted molar refractivity (Wildman–Crippen MR) is 78.5 cm³/mol. The minimum Gasteiger partial charge on any atom is -0.442 e. The van der Waals surface area contributed by atoms with Crippen molar-refractivity contribution >= 4 is 34.8 Å². The highest BCUT2D eigenvalue weighted by Gasteiger charge is 2.18. The van der Waals surface area contributed by atoms with Crippen LogP contribution in [0.1, 0.15) is 10.4 Å². The molecule has 0 bridgehead atoms. The molecule has 0 atom stereocenters. The van der Waals surface area contributed by atoms with Crippen molar-refractivity contribution in [2.24, 2.45) is 0 Å². The number of benzene rings is 1. The number of halogens is 2. The highest BCUT2D eigenvalue weighted by atomic mass is 35.5. The second kappa shape index (κ2) is 5.59. The Labute approximate surface area is 129 Å². The van der Waals surface area contributed by atoms with E-state index in [2.05, 4.69) is 20.5 Å². The lowest BCUT2D eigenvalue weighted by atomic mass is 10.2. The maximum Gasteiger partial charge on any atom is 0.258 e. The third-order valence-corrected chi connectivity index (χ3v) is 3.39. The monoisotopic (exact) mass is 322 g/mol. The summed E-state index contributed by atoms with van der Waals surface area (Å²) in [6.45, 7) is 0. The molecule has 2 heterocycles. The summed E-state index contributed by atoms with van der Waals surface area (Å²) in [6, 6.07) is 4.85. The second-order valence-electron chi connectivity index (χ2n) is 4.08. The van der Waals surface area contributed by atoms with Crippen molar-refractivity contribution in [2.45, 2.75) is 0 Å². The van der Waals surface area contributed by atoms with Crippen LogP contribution in [0.2, 0.25) is 10.0 Å². The van der Waals surface area contributed by atoms with Crippen LogP contribution >= 0.6 is 23.2 Å². The molecule has 0 aliphatic heterocycles. The van der Waals surface area contributed by atoms with Gasteiger partial charge >= 0.3 is 0 Å². The van der Waals surface area contributed by atoms with Crippen LogP contribution in [0.15, 0.2) is 41.4 Å². The van der Waals surface area contributed by atoms with Crippen molar-refractivity contribution < 1.29 is 9.21 Å². The number of hydrogen-bond donors (Lipinski definition) is 2. The number of H-pyrrole nitrogens is 1. The van der Waals surface area contributed by atoms with Gasteiger partial charge in [-0.1, -0.05) is 29.3 Å². The molecule has 0 aliphatic rings. The Hall–Kier alpha value is -2.31. The van der Waals surface area contributed by atoms with E-state index >= 15 is 0 Å². The number of anilines is 1. The summed E-state index contributed by atoms with van der Waals surface area (Å²) >= 11 is 12.0. The zero-order chi connectivity index (χ0) is 14.8. The molecule has 0 spiro atoms. The van der Waals surface area contributed by atoms with Crippen LogP contribution in [0.5, 0.6) is 0 Å². The number of amides is 1. The molecular formula is C13H8Cl2N4O2. The first kappa shape index (κ1) is 13.7. The van der Waals surface area contributed by atoms with Crippen LogP contribution in [0.3, 0.4) is 0 Å². The van der Waals surface area contributed by atoms with Gasteiger partial charge in [-0.3, -0.25) is 9.89 Å². The van der Waals surface area contributed by atoms with E-state index < -0.39 is 5.91 Å². The Morgan fingerprint density at radius 1 is 1.24 bits per heavy atom. The molecule has 2 aromatic heterocycles. The fourth-order valence-corrected chi connectivity index (χ4v) is 2.38. The van der Waals surface area contributed by atoms with Crippen molar-refractivity contribution in [3.63, 3.8) is 0 Å². The van der Waals surface area contributed by atoms with E-state index in [1.807, 2.05) is 0 Å². The Morgan fingerprint density at radius 3 is 2.67 bits per heavy atom. The summed E-state index contributed by atoms with van der Waals surface area (Å²) in [4.78, 5) is 16.1. The molecule has 0 radical (unpaired) electrons. The molecular weight excluding hydrogens is 315 g/mol. The summed E-state index contributed by atoms with van der Waals surface area (Å²) < 4.78 is 5.17. The van der Waals surface area contributed by atoms with E-state index in [9.17, 15) is 4.79 Å². The van der Waals surface area contributed by atoms with Crippen LogP contribution in [0, 0.1) is 0 Å². The molecule has 3 rings (SSSR count). The topological polar surface area (TPSA) is 83.8 Å². The molecule has 106 valence electrons. The van der Waals surface area contributed by atoms with Crippen LogP contribution in [-0.4, -0.2) is 21.1 Å². The Kier molecular flexibility index (Phi) is 3.64. The van der Waals surface area contributed by atoms with E-state index in [1.54, 1.807) is 18.2 Å². The number of carbonyl (C=O) groups is 1. The van der Waals surface area contributed by atoms with Gasteiger partial charge in [0.1, 0.15) is 5.69 Å². The number of carbonyl (C=O) groups excluding carboxylic acids is 1. The van der Waals surface area contributed by atoms with Crippen LogP contribution in [0.4, 0.5) is 5.69 Å². The van der Waals surface area contributed by atoms with E-state index in [4.69, 9.17) is 27.6 Å². The Balaban J connectivity index is 1.91. The van der Waals surface area contributed by atoms with E-state index in [0.29, 0.717) is 17.1 Å². The van der Waals surface area contributed by atoms with Gasteiger partial charge in [0.05, 0.1) is 33.7 Å². The number of rotatable bonds is 3. The minimum absolute atomic E-state index is 0.200. The van der Waals surface area contributed by atoms with Gasteiger partial charge < -0.3 is 9.73 Å². The largest absolute Gasteiger partial charge is 0.442 e. The molecule has 21 heavy (non-hydrogen) atoms. The lowest BCUT2D eigenvalue weighted by Crippen LogP contribution is -2.13. The number of nitrogens with one attached hydrogen (secondary N) is 2. The molecule has 0 saturated heterocycles. The molecule has 0 unspecified atom stereocenters. The molecule has 1 amide bonds. The normalized spacial score (nSPS) is 10.6. The summed E-state index contributed by atoms with van der Waals surface area (Å²) in [7, 11) is 0. The van der Waals surface area contributed by atoms with Gasteiger partial charge in [0.2, 0.25) is 0 Å². The fourth-order valence-electron chi connectivity index (χ4n) is 1.81. The molecule has 0 saturated carbocycles. The summed E-state index contributed by atoms with van der Waals surface area (Å²) in [5.74, 6) is 0.0146. The lowest BCUT2D eigenvalue weighted by molar-refractivity contribution is 0.102. The molecule has 8 heteroatoms. The first-order valence-electron chi connectivity index (χ1n) is 5.84. The van der Waals surface area contributed by atoms with Crippen LogP contribution < -0.4 is 5.32 Å². The highest BCUT2D eigenvalue weighted by molar-refractivity contribution is 6.40. The summed E-state index contributed by atoms with van der Waals surface area (Å²) in [5.41, 5.74) is 1.14. The van der Waals surface area contributed by atoms with E-state index in [1.165, 1.54) is 18.8 Å². The predicted octanol–water partition coefficient (Wildman–Crippen LogP) is 3.62. The van der Waals surface area contributed by atoms with Crippen molar-refractivity contribution in [3.05, 3.63) is 52.6 Å². The van der Waals surface area contributed by atoms with Gasteiger partial charge in [-0.15, -0.1) is 0 Å². The van der Waals surface area contributed by atoms with Gasteiger partial charge in [-0.2, -0.15) is 5.10 Å². The third-order valence-electron chi connectivity index (χ3n) is 2.76. The Bertz CT molecular complexity index is 763. The standard InChI is InChI=1S/C13H8Cl2N4O2/c14-7-2-1-3-8(15)11(7)13(20)18-9-4-17-19-12(9)10-5-16-6-21-10/h1-6H,(H,17,19)(H,18,20). The first-order chi connectivity index (χ1) is 10.2. The fraction of sp³-hybridized carbons (Fsp3) is 0. The van der Waals surface area contributed by atoms with Gasteiger partial charge in [0.15, 0.2) is 12.2 Å². The van der Waals surface area contributed by atoms with Crippen molar-refractivity contribution in [1.82, 2.24) is 15.2 Å². The Morgan fingerprint density at radius 2 is 2.00 bits per heavy atom. The SMILES string of the molecule is O=C(Nc1cn[nH]c1-c1cnco1)c1c(Cl)cccc1Cl. The smallest absolute Gasteiger partial charge is 0.258 e. The lowest BCUT2D eigenvalue weighted by Gasteiger charge is -2.07. The number of aromatic amines is 1. The van der Waals surface area contributed by atoms with Crippen LogP contribution in [-0.2, 0) is 0 Å². The van der Waals surface area contributed by atoms with Crippen LogP contribution in [0.25, 0.3) is 11.5 Å². The van der Waals surface area contributed by atoms with Gasteiger partial charge in [-0.05, 0) is 12.1 Å². The molecule has 0 fully saturated rings. The maximum absolute atomic E-state index is 12.3. The molecule has 6 nitrogen and oxygen atoms in total. The van der Waals surface area contributed by atoms with Crippen molar-refractivity contribution in [2.75, 3.05) is 5.32 Å². The number of oxazole rings is 1. The summed E-state index contributed by atoms with van der Waals surface area (Å²) in [6.07, 6.45) is 4.25. The molecule has 1 aromatic carbocycles. The van der Waals surface area contributed by atoms with Crippen molar-refractivity contribution in [1.29, 1.82) is 0 Å². The van der Waals surface area contributed by atoms with Gasteiger partial charge in [-0.25, -0.2) is 4.98 Å². The van der Waals surface area contributed by atoms with E-state index in [0.717, 1.165) is 0 Å². The molecule has 2 N–H and O–H groups in total. The minimum atomic E-state index is -0.437. The average Bonchev–Trinajstić information content (AvgIpc) is 3.08. The first-order valence-corrected chi connectivity index (χ1v) is 6.60. The molecule has 3 aromatic rings. The zero-order valence-electron chi connectivity index (χ0n) is 10.4. The quantitative estimate of drug-likeness (QED) is 0.771. The zero-order valence-corrected chi connectivity index (χ0v) is 11.9. The number of hydrogen-bond acceptors (Lipinski definition) is 4. The van der Waals surface area contributed by atoms with Gasteiger partial charge in [0.25, 0.3) is 5.91 Å². The molecule has 0 aliphatic carbocycles. The number of aromatic nitrogens is 3. The second-order valence-corrected chi connectivity index (χ2v) is 4.89. The highest BCUT2D eigenvalue weighted by Crippen LogP contribution is 2.28. The van der Waals surface area contributed by atoms with Gasteiger partial charge in [0, 0.05) is 0 Å². The summed E-state index contributed by atoms with van der Waals surface area (Å²) in [5, 5.41) is 9.83. The van der Waals surface area contributed by atoms with E-state index in [-0.39, 0.29) is 15.6 Å². The average molecular weight is 323 g/mol. The number of nitrogens with zero attached hydrogens (tertiary/aromatic N) is 2. The third kappa shape index (κ3) is 2.63. The maximum atomic E-state index is 12.3. The van der Waals surface area contributed by atoms with Crippen molar-refractivity contribution in [3.8, 4) is 11.5 Å².